The molecule has 3 atom stereocenters. The maximum Gasteiger partial charge on any atom is 0.0118 e. The zero-order valence-corrected chi connectivity index (χ0v) is 10.7. The van der Waals surface area contributed by atoms with Crippen LogP contribution in [0.25, 0.3) is 0 Å². The van der Waals surface area contributed by atoms with E-state index in [-0.39, 0.29) is 0 Å². The van der Waals surface area contributed by atoms with Gasteiger partial charge in [0.05, 0.1) is 0 Å². The predicted molar refractivity (Wildman–Crippen MR) is 66.9 cm³/mol. The Bertz CT molecular complexity index is 170. The van der Waals surface area contributed by atoms with E-state index in [9.17, 15) is 0 Å². The Labute approximate surface area is 95.2 Å². The Morgan fingerprint density at radius 3 is 2.60 bits per heavy atom. The van der Waals surface area contributed by atoms with Crippen LogP contribution >= 0.6 is 0 Å². The third-order valence-electron chi connectivity index (χ3n) is 3.89. The summed E-state index contributed by atoms with van der Waals surface area (Å²) >= 11 is 0. The van der Waals surface area contributed by atoms with Gasteiger partial charge in [-0.15, -0.1) is 0 Å². The maximum atomic E-state index is 5.59. The molecule has 0 aromatic heterocycles. The summed E-state index contributed by atoms with van der Waals surface area (Å²) in [4.78, 5) is 2.57. The van der Waals surface area contributed by atoms with Crippen molar-refractivity contribution in [2.75, 3.05) is 20.1 Å². The molecule has 1 aliphatic rings. The van der Waals surface area contributed by atoms with Crippen molar-refractivity contribution >= 4 is 0 Å². The van der Waals surface area contributed by atoms with Crippen molar-refractivity contribution in [3.8, 4) is 0 Å². The fourth-order valence-electron chi connectivity index (χ4n) is 2.95. The van der Waals surface area contributed by atoms with Crippen molar-refractivity contribution in [1.82, 2.24) is 4.90 Å². The fourth-order valence-corrected chi connectivity index (χ4v) is 2.95. The van der Waals surface area contributed by atoms with E-state index in [1.165, 1.54) is 32.2 Å². The Hall–Kier alpha value is -0.0800. The molecule has 0 bridgehead atoms. The summed E-state index contributed by atoms with van der Waals surface area (Å²) in [7, 11) is 2.29. The van der Waals surface area contributed by atoms with E-state index >= 15 is 0 Å². The monoisotopic (exact) mass is 212 g/mol. The molecule has 1 aliphatic carbocycles. The van der Waals surface area contributed by atoms with Crippen LogP contribution in [-0.2, 0) is 0 Å². The van der Waals surface area contributed by atoms with Gasteiger partial charge >= 0.3 is 0 Å². The Morgan fingerprint density at radius 2 is 2.00 bits per heavy atom. The highest BCUT2D eigenvalue weighted by atomic mass is 15.1. The molecule has 3 unspecified atom stereocenters. The summed E-state index contributed by atoms with van der Waals surface area (Å²) in [5.74, 6) is 1.63. The minimum absolute atomic E-state index is 0.745. The second-order valence-corrected chi connectivity index (χ2v) is 5.45. The molecule has 0 aromatic rings. The molecular weight excluding hydrogens is 184 g/mol. The van der Waals surface area contributed by atoms with Crippen molar-refractivity contribution in [2.45, 2.75) is 52.0 Å². The Kier molecular flexibility index (Phi) is 5.62. The zero-order chi connectivity index (χ0) is 11.3. The smallest absolute Gasteiger partial charge is 0.0118 e. The van der Waals surface area contributed by atoms with E-state index in [4.69, 9.17) is 5.73 Å². The van der Waals surface area contributed by atoms with Gasteiger partial charge in [-0.2, -0.15) is 0 Å². The first-order valence-corrected chi connectivity index (χ1v) is 6.55. The first-order valence-electron chi connectivity index (χ1n) is 6.55. The van der Waals surface area contributed by atoms with Crippen LogP contribution in [0.4, 0.5) is 0 Å². The topological polar surface area (TPSA) is 29.3 Å². The minimum Gasteiger partial charge on any atom is -0.330 e. The van der Waals surface area contributed by atoms with E-state index in [1.807, 2.05) is 0 Å². The second kappa shape index (κ2) is 6.49. The lowest BCUT2D eigenvalue weighted by atomic mass is 9.84. The van der Waals surface area contributed by atoms with E-state index in [0.717, 1.165) is 30.8 Å². The van der Waals surface area contributed by atoms with Crippen LogP contribution in [0.2, 0.25) is 0 Å². The van der Waals surface area contributed by atoms with Crippen LogP contribution in [0, 0.1) is 11.8 Å². The normalized spacial score (nSPS) is 29.4. The van der Waals surface area contributed by atoms with Crippen molar-refractivity contribution in [3.63, 3.8) is 0 Å². The molecule has 1 saturated carbocycles. The highest BCUT2D eigenvalue weighted by molar-refractivity contribution is 4.80. The number of hydrogen-bond donors (Lipinski definition) is 1. The number of nitrogens with two attached hydrogens (primary N) is 1. The highest BCUT2D eigenvalue weighted by Crippen LogP contribution is 2.27. The molecule has 90 valence electrons. The van der Waals surface area contributed by atoms with E-state index < -0.39 is 0 Å². The van der Waals surface area contributed by atoms with Crippen LogP contribution in [0.15, 0.2) is 0 Å². The van der Waals surface area contributed by atoms with Gasteiger partial charge in [-0.25, -0.2) is 0 Å². The van der Waals surface area contributed by atoms with Gasteiger partial charge in [-0.1, -0.05) is 26.7 Å². The SMILES string of the molecule is CC(CCN)CN(C)C1CCCCC1C. The molecule has 1 fully saturated rings. The first kappa shape index (κ1) is 13.0. The minimum atomic E-state index is 0.745. The van der Waals surface area contributed by atoms with Crippen molar-refractivity contribution in [3.05, 3.63) is 0 Å². The van der Waals surface area contributed by atoms with E-state index in [1.54, 1.807) is 0 Å². The molecule has 0 heterocycles. The molecule has 15 heavy (non-hydrogen) atoms. The van der Waals surface area contributed by atoms with Crippen LogP contribution in [-0.4, -0.2) is 31.1 Å². The third-order valence-corrected chi connectivity index (χ3v) is 3.89. The predicted octanol–water partition coefficient (Wildman–Crippen LogP) is 2.48. The van der Waals surface area contributed by atoms with Gasteiger partial charge in [0.15, 0.2) is 0 Å². The highest BCUT2D eigenvalue weighted by Gasteiger charge is 2.25. The lowest BCUT2D eigenvalue weighted by Gasteiger charge is -2.37. The molecule has 2 nitrogen and oxygen atoms in total. The van der Waals surface area contributed by atoms with Gasteiger partial charge in [0.1, 0.15) is 0 Å². The summed E-state index contributed by atoms with van der Waals surface area (Å²) in [6.45, 7) is 6.77. The molecule has 0 aliphatic heterocycles. The largest absolute Gasteiger partial charge is 0.330 e. The number of nitrogens with zero attached hydrogens (tertiary/aromatic N) is 1. The summed E-state index contributed by atoms with van der Waals surface area (Å²) in [6, 6.07) is 0.818. The average Bonchev–Trinajstić information content (AvgIpc) is 2.18. The van der Waals surface area contributed by atoms with Crippen LogP contribution in [0.5, 0.6) is 0 Å². The van der Waals surface area contributed by atoms with Gasteiger partial charge in [0.25, 0.3) is 0 Å². The van der Waals surface area contributed by atoms with Gasteiger partial charge in [-0.3, -0.25) is 0 Å². The molecule has 0 amide bonds. The first-order chi connectivity index (χ1) is 7.15. The molecule has 0 spiro atoms. The molecule has 0 saturated heterocycles. The van der Waals surface area contributed by atoms with E-state index in [0.29, 0.717) is 0 Å². The lowest BCUT2D eigenvalue weighted by Crippen LogP contribution is -2.41. The molecule has 2 N–H and O–H groups in total. The summed E-state index contributed by atoms with van der Waals surface area (Å²) in [6.07, 6.45) is 6.83. The summed E-state index contributed by atoms with van der Waals surface area (Å²) < 4.78 is 0. The van der Waals surface area contributed by atoms with Gasteiger partial charge in [0, 0.05) is 12.6 Å². The van der Waals surface area contributed by atoms with Crippen LogP contribution in [0.3, 0.4) is 0 Å². The fraction of sp³-hybridized carbons (Fsp3) is 1.00. The summed E-state index contributed by atoms with van der Waals surface area (Å²) in [5.41, 5.74) is 5.59. The maximum absolute atomic E-state index is 5.59. The standard InChI is InChI=1S/C13H28N2/c1-11(8-9-14)10-15(3)13-7-5-4-6-12(13)2/h11-13H,4-10,14H2,1-3H3. The van der Waals surface area contributed by atoms with Crippen molar-refractivity contribution in [1.29, 1.82) is 0 Å². The van der Waals surface area contributed by atoms with Crippen molar-refractivity contribution in [2.24, 2.45) is 17.6 Å². The zero-order valence-electron chi connectivity index (χ0n) is 10.7. The molecular formula is C13H28N2. The summed E-state index contributed by atoms with van der Waals surface area (Å²) in [5, 5.41) is 0. The Morgan fingerprint density at radius 1 is 1.33 bits per heavy atom. The molecule has 2 heteroatoms. The van der Waals surface area contributed by atoms with E-state index in [2.05, 4.69) is 25.8 Å². The number of hydrogen-bond acceptors (Lipinski definition) is 2. The van der Waals surface area contributed by atoms with Gasteiger partial charge in [0.2, 0.25) is 0 Å². The Balaban J connectivity index is 2.34. The number of rotatable bonds is 5. The third kappa shape index (κ3) is 4.12. The van der Waals surface area contributed by atoms with Crippen molar-refractivity contribution < 1.29 is 0 Å². The molecule has 0 radical (unpaired) electrons. The van der Waals surface area contributed by atoms with Gasteiger partial charge in [-0.05, 0) is 44.7 Å². The second-order valence-electron chi connectivity index (χ2n) is 5.45. The molecule has 1 rings (SSSR count). The van der Waals surface area contributed by atoms with Crippen LogP contribution in [0.1, 0.15) is 46.0 Å². The van der Waals surface area contributed by atoms with Crippen LogP contribution < -0.4 is 5.73 Å². The van der Waals surface area contributed by atoms with Gasteiger partial charge < -0.3 is 10.6 Å². The average molecular weight is 212 g/mol. The quantitative estimate of drug-likeness (QED) is 0.758. The lowest BCUT2D eigenvalue weighted by molar-refractivity contribution is 0.123. The molecule has 0 aromatic carbocycles.